The zero-order chi connectivity index (χ0) is 45.0. The van der Waals surface area contributed by atoms with Crippen LogP contribution < -0.4 is 10.6 Å². The van der Waals surface area contributed by atoms with Crippen molar-refractivity contribution >= 4 is 11.8 Å². The summed E-state index contributed by atoms with van der Waals surface area (Å²) < 4.78 is 50.8. The van der Waals surface area contributed by atoms with Gasteiger partial charge in [-0.1, -0.05) is 0 Å². The molecular weight excluding hydrogens is 836 g/mol. The highest BCUT2D eigenvalue weighted by Crippen LogP contribution is 2.34. The van der Waals surface area contributed by atoms with Crippen LogP contribution in [0.25, 0.3) is 0 Å². The molecule has 27 nitrogen and oxygen atoms in total. The second-order valence-electron chi connectivity index (χ2n) is 15.3. The van der Waals surface area contributed by atoms with E-state index in [1.807, 2.05) is 0 Å². The predicted molar refractivity (Wildman–Crippen MR) is 189 cm³/mol. The van der Waals surface area contributed by atoms with E-state index in [-0.39, 0.29) is 6.61 Å². The van der Waals surface area contributed by atoms with E-state index < -0.39 is 192 Å². The van der Waals surface area contributed by atoms with E-state index in [0.717, 1.165) is 6.92 Å². The second kappa shape index (κ2) is 21.8. The molecule has 16 N–H and O–H groups in total. The Hall–Kier alpha value is -1.98. The summed E-state index contributed by atoms with van der Waals surface area (Å²) in [4.78, 5) is 24.0. The molecule has 27 heteroatoms. The summed E-state index contributed by atoms with van der Waals surface area (Å²) in [5, 5.41) is 152. The van der Waals surface area contributed by atoms with Gasteiger partial charge in [0.15, 0.2) is 25.2 Å². The van der Waals surface area contributed by atoms with Crippen LogP contribution in [-0.4, -0.2) is 270 Å². The van der Waals surface area contributed by atoms with Crippen LogP contribution >= 0.6 is 0 Å². The third kappa shape index (κ3) is 11.1. The van der Waals surface area contributed by atoms with Crippen LogP contribution in [0, 0.1) is 0 Å². The molecule has 354 valence electrons. The van der Waals surface area contributed by atoms with Crippen LogP contribution in [-0.2, 0) is 52.2 Å². The maximum atomic E-state index is 12.3. The highest BCUT2D eigenvalue weighted by molar-refractivity contribution is 5.73. The van der Waals surface area contributed by atoms with Crippen molar-refractivity contribution in [3.05, 3.63) is 0 Å². The first-order valence-electron chi connectivity index (χ1n) is 19.5. The summed E-state index contributed by atoms with van der Waals surface area (Å²) in [6.07, 6.45) is -38.5. The largest absolute Gasteiger partial charge is 0.394 e. The SMILES string of the molecule is CC(=O)N[C@H]1[C@H](O[C@H]2[C@H](O)[C@@H](NC(C)=O)CO[C@@H]2CO)O[C@H](CO)[C@@H](O[C@@H]2O[C@H](CO[C@@H]3O[C@H](CO)[C@@H](O)[C@H](O[C@H]4O[C@H](CO)[C@@H](O)[C@H](O)[C@@H]4O)[C@@H]3O)[C@@H](O)[C@H](O)[C@@H]2O)[C@@H]1O. The second-order valence-corrected chi connectivity index (χ2v) is 15.3. The van der Waals surface area contributed by atoms with Crippen LogP contribution in [0.5, 0.6) is 0 Å². The fraction of sp³-hybridized carbons (Fsp3) is 0.941. The van der Waals surface area contributed by atoms with E-state index in [0.29, 0.717) is 0 Å². The van der Waals surface area contributed by atoms with Crippen molar-refractivity contribution in [1.29, 1.82) is 0 Å². The number of carbonyl (C=O) groups excluding carboxylic acids is 2. The molecule has 5 aliphatic rings. The monoisotopic (exact) mass is 894 g/mol. The minimum absolute atomic E-state index is 0.207. The smallest absolute Gasteiger partial charge is 0.217 e. The average molecular weight is 895 g/mol. The fourth-order valence-corrected chi connectivity index (χ4v) is 7.67. The Morgan fingerprint density at radius 2 is 0.934 bits per heavy atom. The van der Waals surface area contributed by atoms with Gasteiger partial charge in [-0.15, -0.1) is 0 Å². The Bertz CT molecular complexity index is 1410. The highest BCUT2D eigenvalue weighted by Gasteiger charge is 2.55. The van der Waals surface area contributed by atoms with Gasteiger partial charge in [0.2, 0.25) is 11.8 Å². The van der Waals surface area contributed by atoms with Crippen molar-refractivity contribution in [2.75, 3.05) is 39.6 Å². The van der Waals surface area contributed by atoms with E-state index in [1.165, 1.54) is 6.92 Å². The molecule has 0 spiro atoms. The van der Waals surface area contributed by atoms with Gasteiger partial charge in [0.25, 0.3) is 0 Å². The molecule has 5 aliphatic heterocycles. The molecule has 24 atom stereocenters. The Labute approximate surface area is 346 Å². The van der Waals surface area contributed by atoms with Crippen LogP contribution in [0.2, 0.25) is 0 Å². The lowest BCUT2D eigenvalue weighted by Gasteiger charge is -2.49. The molecule has 0 saturated carbocycles. The molecule has 2 amide bonds. The number of ether oxygens (including phenoxy) is 9. The maximum Gasteiger partial charge on any atom is 0.217 e. The molecule has 0 aromatic heterocycles. The summed E-state index contributed by atoms with van der Waals surface area (Å²) in [7, 11) is 0. The van der Waals surface area contributed by atoms with Gasteiger partial charge < -0.3 is 125 Å². The van der Waals surface area contributed by atoms with Gasteiger partial charge in [0.1, 0.15) is 116 Å². The molecule has 5 heterocycles. The lowest BCUT2D eigenvalue weighted by molar-refractivity contribution is -0.372. The fourth-order valence-electron chi connectivity index (χ4n) is 7.67. The topological polar surface area (TPSA) is 424 Å². The number of aliphatic hydroxyl groups excluding tert-OH is 14. The van der Waals surface area contributed by atoms with Crippen molar-refractivity contribution in [2.24, 2.45) is 0 Å². The number of hydrogen-bond acceptors (Lipinski definition) is 25. The van der Waals surface area contributed by atoms with Crippen LogP contribution in [0.1, 0.15) is 13.8 Å². The zero-order valence-corrected chi connectivity index (χ0v) is 32.9. The van der Waals surface area contributed by atoms with E-state index in [9.17, 15) is 81.1 Å². The molecule has 0 radical (unpaired) electrons. The first kappa shape index (κ1) is 50.0. The molecule has 5 rings (SSSR count). The van der Waals surface area contributed by atoms with Gasteiger partial charge >= 0.3 is 0 Å². The van der Waals surface area contributed by atoms with Crippen LogP contribution in [0.3, 0.4) is 0 Å². The molecule has 0 aromatic rings. The van der Waals surface area contributed by atoms with Gasteiger partial charge in [0.05, 0.1) is 45.7 Å². The summed E-state index contributed by atoms with van der Waals surface area (Å²) in [6.45, 7) is -2.04. The van der Waals surface area contributed by atoms with Crippen molar-refractivity contribution in [3.63, 3.8) is 0 Å². The molecule has 0 unspecified atom stereocenters. The van der Waals surface area contributed by atoms with Crippen molar-refractivity contribution in [3.8, 4) is 0 Å². The first-order chi connectivity index (χ1) is 28.9. The summed E-state index contributed by atoms with van der Waals surface area (Å²) in [5.74, 6) is -1.25. The predicted octanol–water partition coefficient (Wildman–Crippen LogP) is -11.0. The maximum absolute atomic E-state index is 12.3. The van der Waals surface area contributed by atoms with Gasteiger partial charge in [-0.3, -0.25) is 9.59 Å². The van der Waals surface area contributed by atoms with Crippen molar-refractivity contribution < 1.29 is 124 Å². The Balaban J connectivity index is 1.28. The van der Waals surface area contributed by atoms with Gasteiger partial charge in [-0.25, -0.2) is 0 Å². The van der Waals surface area contributed by atoms with Crippen molar-refractivity contribution in [2.45, 2.75) is 161 Å². The van der Waals surface area contributed by atoms with E-state index in [4.69, 9.17) is 42.6 Å². The lowest BCUT2D eigenvalue weighted by atomic mass is 9.94. The molecule has 0 bridgehead atoms. The third-order valence-electron chi connectivity index (χ3n) is 11.0. The van der Waals surface area contributed by atoms with Gasteiger partial charge in [0, 0.05) is 13.8 Å². The quantitative estimate of drug-likeness (QED) is 0.0726. The number of carbonyl (C=O) groups is 2. The third-order valence-corrected chi connectivity index (χ3v) is 11.0. The molecule has 5 fully saturated rings. The summed E-state index contributed by atoms with van der Waals surface area (Å²) in [5.41, 5.74) is 0. The minimum atomic E-state index is -2.06. The number of hydrogen-bond donors (Lipinski definition) is 16. The molecule has 5 saturated heterocycles. The molecular formula is C34H58N2O25. The van der Waals surface area contributed by atoms with Crippen LogP contribution in [0.4, 0.5) is 0 Å². The standard InChI is InChI=1S/C34H58N2O25/c1-9(41)35-11-7-53-14(5-39)28(18(11)43)59-31-17(36-10(2)42)22(47)29(15(6-40)57-31)60-34-26(51)24(49)20(45)16(58-34)8-54-32-27(52)30(21(46)13(4-38)55-32)61-33-25(50)23(48)19(44)12(3-37)56-33/h11-34,37-40,43-52H,3-8H2,1-2H3,(H,35,41)(H,36,42)/t11-,12+,13+,14+,15+,16+,17+,18+,19+,20+,21+,22+,23-,24-,25-,26-,27-,28+,29+,30-,31-,32+,33+,34-/m0/s1. The molecule has 0 aliphatic carbocycles. The first-order valence-corrected chi connectivity index (χ1v) is 19.5. The number of amides is 2. The Morgan fingerprint density at radius 3 is 1.49 bits per heavy atom. The minimum Gasteiger partial charge on any atom is -0.394 e. The molecule has 0 aromatic carbocycles. The Kier molecular flexibility index (Phi) is 17.9. The number of aliphatic hydroxyl groups is 14. The van der Waals surface area contributed by atoms with Crippen molar-refractivity contribution in [1.82, 2.24) is 10.6 Å². The highest BCUT2D eigenvalue weighted by atomic mass is 16.8. The van der Waals surface area contributed by atoms with E-state index in [1.54, 1.807) is 0 Å². The van der Waals surface area contributed by atoms with E-state index in [2.05, 4.69) is 10.6 Å². The summed E-state index contributed by atoms with van der Waals surface area (Å²) in [6, 6.07) is -2.57. The number of nitrogens with one attached hydrogen (secondary N) is 2. The molecule has 61 heavy (non-hydrogen) atoms. The van der Waals surface area contributed by atoms with Crippen LogP contribution in [0.15, 0.2) is 0 Å². The lowest BCUT2D eigenvalue weighted by Crippen LogP contribution is -2.69. The summed E-state index contributed by atoms with van der Waals surface area (Å²) >= 11 is 0. The Morgan fingerprint density at radius 1 is 0.475 bits per heavy atom. The van der Waals surface area contributed by atoms with Gasteiger partial charge in [-0.2, -0.15) is 0 Å². The van der Waals surface area contributed by atoms with Gasteiger partial charge in [-0.05, 0) is 0 Å². The number of rotatable bonds is 15. The zero-order valence-electron chi connectivity index (χ0n) is 32.9. The normalized spacial score (nSPS) is 48.3. The van der Waals surface area contributed by atoms with E-state index >= 15 is 0 Å². The average Bonchev–Trinajstić information content (AvgIpc) is 3.22.